The molecule has 1 aromatic carbocycles. The number of imidazole rings is 1. The van der Waals surface area contributed by atoms with Crippen molar-refractivity contribution in [2.45, 2.75) is 30.5 Å². The lowest BCUT2D eigenvalue weighted by atomic mass is 10.1. The number of halogens is 1. The minimum absolute atomic E-state index is 0.110. The van der Waals surface area contributed by atoms with E-state index in [2.05, 4.69) is 20.3 Å². The van der Waals surface area contributed by atoms with E-state index < -0.39 is 12.2 Å². The fraction of sp³-hybridized carbons (Fsp3) is 0.353. The quantitative estimate of drug-likeness (QED) is 0.621. The number of aliphatic hydroxyl groups is 2. The highest BCUT2D eigenvalue weighted by atomic mass is 32.2. The molecule has 1 saturated heterocycles. The Morgan fingerprint density at radius 3 is 2.92 bits per heavy atom. The van der Waals surface area contributed by atoms with Gasteiger partial charge in [-0.2, -0.15) is 11.8 Å². The summed E-state index contributed by atoms with van der Waals surface area (Å²) in [5.74, 6) is 0.808. The first-order valence-electron chi connectivity index (χ1n) is 8.23. The molecular formula is C17H18FN5O2S. The van der Waals surface area contributed by atoms with Gasteiger partial charge in [0.1, 0.15) is 17.7 Å². The molecule has 0 amide bonds. The number of anilines is 1. The molecule has 9 heteroatoms. The van der Waals surface area contributed by atoms with Crippen LogP contribution < -0.4 is 5.32 Å². The van der Waals surface area contributed by atoms with Crippen LogP contribution in [0.1, 0.15) is 5.56 Å². The van der Waals surface area contributed by atoms with Crippen LogP contribution in [-0.4, -0.2) is 52.9 Å². The summed E-state index contributed by atoms with van der Waals surface area (Å²) >= 11 is 1.54. The van der Waals surface area contributed by atoms with Gasteiger partial charge in [-0.15, -0.1) is 0 Å². The fourth-order valence-corrected chi connectivity index (χ4v) is 4.28. The van der Waals surface area contributed by atoms with Gasteiger partial charge in [-0.05, 0) is 17.7 Å². The zero-order chi connectivity index (χ0) is 18.1. The zero-order valence-corrected chi connectivity index (χ0v) is 14.6. The number of rotatable bonds is 5. The minimum atomic E-state index is -0.759. The highest BCUT2D eigenvalue weighted by molar-refractivity contribution is 8.00. The van der Waals surface area contributed by atoms with E-state index in [1.54, 1.807) is 12.4 Å². The van der Waals surface area contributed by atoms with Crippen LogP contribution in [0.4, 0.5) is 10.2 Å². The van der Waals surface area contributed by atoms with Crippen LogP contribution in [0.15, 0.2) is 36.9 Å². The van der Waals surface area contributed by atoms with Gasteiger partial charge in [-0.25, -0.2) is 19.3 Å². The zero-order valence-electron chi connectivity index (χ0n) is 13.8. The van der Waals surface area contributed by atoms with Crippen molar-refractivity contribution in [1.82, 2.24) is 19.5 Å². The molecule has 3 aromatic rings. The van der Waals surface area contributed by atoms with Crippen molar-refractivity contribution >= 4 is 28.7 Å². The van der Waals surface area contributed by atoms with Gasteiger partial charge in [0.15, 0.2) is 11.5 Å². The molecular weight excluding hydrogens is 357 g/mol. The summed E-state index contributed by atoms with van der Waals surface area (Å²) in [6.45, 7) is 0.917. The van der Waals surface area contributed by atoms with Gasteiger partial charge < -0.3 is 20.1 Å². The lowest BCUT2D eigenvalue weighted by molar-refractivity contribution is 0.0396. The highest BCUT2D eigenvalue weighted by Gasteiger charge is 2.34. The van der Waals surface area contributed by atoms with E-state index >= 15 is 0 Å². The molecule has 0 saturated carbocycles. The summed E-state index contributed by atoms with van der Waals surface area (Å²) in [5.41, 5.74) is 2.06. The second kappa shape index (κ2) is 7.18. The Morgan fingerprint density at radius 2 is 2.15 bits per heavy atom. The first-order chi connectivity index (χ1) is 12.6. The van der Waals surface area contributed by atoms with Crippen molar-refractivity contribution in [3.05, 3.63) is 48.3 Å². The van der Waals surface area contributed by atoms with Crippen molar-refractivity contribution < 1.29 is 14.6 Å². The molecule has 3 atom stereocenters. The second-order valence-corrected chi connectivity index (χ2v) is 7.48. The van der Waals surface area contributed by atoms with Gasteiger partial charge in [-0.3, -0.25) is 0 Å². The molecule has 4 rings (SSSR count). The van der Waals surface area contributed by atoms with E-state index in [0.717, 1.165) is 5.56 Å². The molecule has 0 aliphatic carbocycles. The number of thioether (sulfide) groups is 1. The molecule has 3 heterocycles. The van der Waals surface area contributed by atoms with E-state index in [-0.39, 0.29) is 11.1 Å². The smallest absolute Gasteiger partial charge is 0.165 e. The summed E-state index contributed by atoms with van der Waals surface area (Å²) in [5, 5.41) is 22.8. The van der Waals surface area contributed by atoms with Gasteiger partial charge in [-0.1, -0.05) is 12.1 Å². The average Bonchev–Trinajstić information content (AvgIpc) is 3.19. The van der Waals surface area contributed by atoms with Gasteiger partial charge in [0.2, 0.25) is 0 Å². The Balaban J connectivity index is 1.53. The monoisotopic (exact) mass is 375 g/mol. The van der Waals surface area contributed by atoms with Gasteiger partial charge >= 0.3 is 0 Å². The number of aliphatic hydroxyl groups excluding tert-OH is 2. The first kappa shape index (κ1) is 17.2. The molecule has 0 spiro atoms. The summed E-state index contributed by atoms with van der Waals surface area (Å²) in [6.07, 6.45) is 1.65. The summed E-state index contributed by atoms with van der Waals surface area (Å²) in [7, 11) is 0. The van der Waals surface area contributed by atoms with Crippen molar-refractivity contribution in [3.63, 3.8) is 0 Å². The third kappa shape index (κ3) is 3.37. The lowest BCUT2D eigenvalue weighted by Gasteiger charge is -2.16. The lowest BCUT2D eigenvalue weighted by Crippen LogP contribution is -2.31. The Hall–Kier alpha value is -2.23. The van der Waals surface area contributed by atoms with E-state index in [4.69, 9.17) is 0 Å². The van der Waals surface area contributed by atoms with Crippen LogP contribution >= 0.6 is 11.8 Å². The number of benzene rings is 1. The number of aromatic nitrogens is 4. The molecule has 1 aliphatic rings. The van der Waals surface area contributed by atoms with Crippen molar-refractivity contribution in [2.75, 3.05) is 11.1 Å². The van der Waals surface area contributed by atoms with E-state index in [0.29, 0.717) is 35.8 Å². The topological polar surface area (TPSA) is 96.1 Å². The van der Waals surface area contributed by atoms with Gasteiger partial charge in [0.25, 0.3) is 0 Å². The van der Waals surface area contributed by atoms with Gasteiger partial charge in [0.05, 0.1) is 23.8 Å². The van der Waals surface area contributed by atoms with Crippen molar-refractivity contribution in [3.8, 4) is 0 Å². The summed E-state index contributed by atoms with van der Waals surface area (Å²) in [4.78, 5) is 12.9. The molecule has 7 nitrogen and oxygen atoms in total. The maximum absolute atomic E-state index is 13.3. The number of nitrogens with zero attached hydrogens (tertiary/aromatic N) is 4. The number of hydrogen-bond donors (Lipinski definition) is 3. The first-order valence-corrected chi connectivity index (χ1v) is 9.28. The van der Waals surface area contributed by atoms with Gasteiger partial charge in [0, 0.05) is 18.8 Å². The van der Waals surface area contributed by atoms with Crippen LogP contribution in [0.25, 0.3) is 11.2 Å². The van der Waals surface area contributed by atoms with E-state index in [9.17, 15) is 14.6 Å². The highest BCUT2D eigenvalue weighted by Crippen LogP contribution is 2.29. The van der Waals surface area contributed by atoms with Crippen LogP contribution in [0.5, 0.6) is 0 Å². The number of nitrogens with one attached hydrogen (secondary N) is 1. The maximum atomic E-state index is 13.3. The third-order valence-electron chi connectivity index (χ3n) is 4.38. The largest absolute Gasteiger partial charge is 0.390 e. The summed E-state index contributed by atoms with van der Waals surface area (Å²) < 4.78 is 15.1. The maximum Gasteiger partial charge on any atom is 0.165 e. The van der Waals surface area contributed by atoms with Crippen LogP contribution in [0.3, 0.4) is 0 Å². The molecule has 136 valence electrons. The molecule has 0 radical (unpaired) electrons. The standard InChI is InChI=1S/C17H18FN5O2S/c18-11-3-1-2-10(4-11)5-19-16-14-17(21-8-20-16)23(9-22-14)6-13-15(25)12(24)7-26-13/h1-4,8-9,12-13,15,24-25H,5-7H2,(H,19,20,21)/t12-,13+,15-/m1/s1. The second-order valence-electron chi connectivity index (χ2n) is 6.20. The molecule has 0 bridgehead atoms. The van der Waals surface area contributed by atoms with Crippen LogP contribution in [0.2, 0.25) is 0 Å². The molecule has 3 N–H and O–H groups in total. The normalized spacial score (nSPS) is 22.8. The van der Waals surface area contributed by atoms with E-state index in [1.165, 1.54) is 30.2 Å². The van der Waals surface area contributed by atoms with E-state index in [1.807, 2.05) is 10.6 Å². The molecule has 26 heavy (non-hydrogen) atoms. The van der Waals surface area contributed by atoms with Crippen molar-refractivity contribution in [2.24, 2.45) is 0 Å². The Kier molecular flexibility index (Phi) is 4.75. The molecule has 0 unspecified atom stereocenters. The third-order valence-corrected chi connectivity index (χ3v) is 5.77. The molecule has 1 fully saturated rings. The SMILES string of the molecule is O[C@@H]1[C@H](O)CS[C@H]1Cn1cnc2c(NCc3cccc(F)c3)ncnc21. The molecule has 2 aromatic heterocycles. The predicted octanol–water partition coefficient (Wildman–Crippen LogP) is 1.41. The van der Waals surface area contributed by atoms with Crippen molar-refractivity contribution in [1.29, 1.82) is 0 Å². The predicted molar refractivity (Wildman–Crippen MR) is 97.3 cm³/mol. The van der Waals surface area contributed by atoms with Crippen LogP contribution in [0, 0.1) is 5.82 Å². The number of fused-ring (bicyclic) bond motifs is 1. The Bertz CT molecular complexity index is 921. The van der Waals surface area contributed by atoms with Crippen LogP contribution in [-0.2, 0) is 13.1 Å². The fourth-order valence-electron chi connectivity index (χ4n) is 3.00. The average molecular weight is 375 g/mol. The summed E-state index contributed by atoms with van der Waals surface area (Å²) in [6, 6.07) is 6.36. The minimum Gasteiger partial charge on any atom is -0.390 e. The molecule has 1 aliphatic heterocycles. The number of hydrogen-bond acceptors (Lipinski definition) is 7. The Morgan fingerprint density at radius 1 is 1.27 bits per heavy atom. The Labute approximate surface area is 153 Å².